The van der Waals surface area contributed by atoms with Gasteiger partial charge < -0.3 is 28.4 Å². The van der Waals surface area contributed by atoms with Crippen LogP contribution >= 0.6 is 0 Å². The highest BCUT2D eigenvalue weighted by molar-refractivity contribution is 6.70. The number of H-pyrrole nitrogens is 1. The number of carbonyl (C=O) groups excluding carboxylic acids is 2. The summed E-state index contributed by atoms with van der Waals surface area (Å²) in [6.07, 6.45) is 7.24. The first-order valence-electron chi connectivity index (χ1n) is 17.7. The first-order chi connectivity index (χ1) is 22.9. The van der Waals surface area contributed by atoms with E-state index in [1.54, 1.807) is 6.92 Å². The summed E-state index contributed by atoms with van der Waals surface area (Å²) in [5.74, 6) is 7.80. The average Bonchev–Trinajstić information content (AvgIpc) is 3.49. The monoisotopic (exact) mass is 689 g/mol. The van der Waals surface area contributed by atoms with Gasteiger partial charge in [0, 0.05) is 51.1 Å². The first-order valence-corrected chi connectivity index (χ1v) is 19.7. The number of rotatable bonds is 17. The number of carbonyl (C=O) groups is 2. The van der Waals surface area contributed by atoms with Gasteiger partial charge in [-0.3, -0.25) is 19.1 Å². The summed E-state index contributed by atoms with van der Waals surface area (Å²) in [5, 5.41) is 2.89. The molecule has 0 spiro atoms. The minimum atomic E-state index is -2.75. The molecule has 1 aromatic heterocycles. The zero-order valence-electron chi connectivity index (χ0n) is 29.5. The molecule has 2 heterocycles. The molecule has 0 radical (unpaired) electrons. The van der Waals surface area contributed by atoms with Gasteiger partial charge >= 0.3 is 26.3 Å². The number of aromatic amines is 1. The van der Waals surface area contributed by atoms with Crippen LogP contribution in [0.1, 0.15) is 104 Å². The Hall–Kier alpha value is -2.92. The van der Waals surface area contributed by atoms with Gasteiger partial charge in [-0.25, -0.2) is 9.59 Å². The van der Waals surface area contributed by atoms with Crippen molar-refractivity contribution < 1.29 is 32.7 Å². The summed E-state index contributed by atoms with van der Waals surface area (Å²) in [7, 11) is -2.75. The Bertz CT molecular complexity index is 1390. The summed E-state index contributed by atoms with van der Waals surface area (Å²) in [5.41, 5.74) is -0.374. The number of fused-ring (bicyclic) bond motifs is 1. The molecule has 13 heteroatoms. The number of nitrogens with one attached hydrogen (secondary N) is 2. The summed E-state index contributed by atoms with van der Waals surface area (Å²) in [4.78, 5) is 50.8. The van der Waals surface area contributed by atoms with Crippen molar-refractivity contribution in [3.63, 3.8) is 0 Å². The molecule has 4 rings (SSSR count). The zero-order valence-corrected chi connectivity index (χ0v) is 30.5. The third-order valence-electron chi connectivity index (χ3n) is 9.95. The Morgan fingerprint density at radius 1 is 1.02 bits per heavy atom. The van der Waals surface area contributed by atoms with E-state index in [0.29, 0.717) is 43.1 Å². The van der Waals surface area contributed by atoms with Crippen molar-refractivity contribution in [2.45, 2.75) is 129 Å². The number of hydrogen-bond acceptors (Lipinski definition) is 9. The van der Waals surface area contributed by atoms with Crippen LogP contribution in [0, 0.1) is 36.5 Å². The molecule has 0 bridgehead atoms. The fourth-order valence-electron chi connectivity index (χ4n) is 7.25. The van der Waals surface area contributed by atoms with Crippen LogP contribution in [-0.2, 0) is 27.9 Å². The lowest BCUT2D eigenvalue weighted by molar-refractivity contribution is -0.150. The highest BCUT2D eigenvalue weighted by Gasteiger charge is 2.49. The lowest BCUT2D eigenvalue weighted by atomic mass is 10.1. The number of aromatic nitrogens is 2. The fraction of sp³-hybridized carbons (Fsp3) is 0.771. The largest absolute Gasteiger partial charge is 0.460 e. The Kier molecular flexibility index (Phi) is 13.9. The maximum absolute atomic E-state index is 12.5. The minimum absolute atomic E-state index is 0.142. The second kappa shape index (κ2) is 17.6. The number of aryl methyl sites for hydroxylation is 1. The molecule has 0 aromatic carbocycles. The van der Waals surface area contributed by atoms with Crippen molar-refractivity contribution in [2.24, 2.45) is 17.8 Å². The van der Waals surface area contributed by atoms with E-state index in [9.17, 15) is 19.2 Å². The topological polar surface area (TPSA) is 147 Å². The van der Waals surface area contributed by atoms with Gasteiger partial charge in [-0.2, -0.15) is 0 Å². The molecule has 48 heavy (non-hydrogen) atoms. The van der Waals surface area contributed by atoms with Gasteiger partial charge in [-0.05, 0) is 61.4 Å². The molecule has 2 aliphatic carbocycles. The van der Waals surface area contributed by atoms with Crippen LogP contribution in [0.4, 0.5) is 4.79 Å². The molecule has 6 atom stereocenters. The van der Waals surface area contributed by atoms with Crippen molar-refractivity contribution in [3.8, 4) is 11.8 Å². The van der Waals surface area contributed by atoms with Crippen LogP contribution in [0.3, 0.4) is 0 Å². The Morgan fingerprint density at radius 2 is 1.69 bits per heavy atom. The van der Waals surface area contributed by atoms with Crippen LogP contribution < -0.4 is 16.6 Å². The van der Waals surface area contributed by atoms with Crippen LogP contribution in [0.2, 0.25) is 11.1 Å². The maximum atomic E-state index is 12.5. The molecule has 268 valence electrons. The third-order valence-corrected chi connectivity index (χ3v) is 14.4. The summed E-state index contributed by atoms with van der Waals surface area (Å²) in [6.45, 7) is 13.2. The van der Waals surface area contributed by atoms with Gasteiger partial charge in [0.1, 0.15) is 18.4 Å². The minimum Gasteiger partial charge on any atom is -0.460 e. The smallest absolute Gasteiger partial charge is 0.407 e. The van der Waals surface area contributed by atoms with Gasteiger partial charge in [0.05, 0.1) is 13.2 Å². The molecular weight excluding hydrogens is 634 g/mol. The molecule has 2 fully saturated rings. The average molecular weight is 690 g/mol. The summed E-state index contributed by atoms with van der Waals surface area (Å²) in [6, 6.07) is 0. The molecular formula is C35H55N3O9Si. The fourth-order valence-corrected chi connectivity index (χ4v) is 10.9. The third kappa shape index (κ3) is 10.1. The van der Waals surface area contributed by atoms with E-state index in [0.717, 1.165) is 51.4 Å². The van der Waals surface area contributed by atoms with E-state index in [2.05, 4.69) is 49.8 Å². The Balaban J connectivity index is 1.19. The molecule has 1 saturated heterocycles. The van der Waals surface area contributed by atoms with Gasteiger partial charge in [0.25, 0.3) is 5.56 Å². The van der Waals surface area contributed by atoms with E-state index in [4.69, 9.17) is 23.1 Å². The zero-order chi connectivity index (χ0) is 34.8. The molecule has 1 saturated carbocycles. The summed E-state index contributed by atoms with van der Waals surface area (Å²) < 4.78 is 31.9. The van der Waals surface area contributed by atoms with Crippen molar-refractivity contribution in [2.75, 3.05) is 26.4 Å². The van der Waals surface area contributed by atoms with E-state index in [1.807, 2.05) is 0 Å². The lowest BCUT2D eigenvalue weighted by Gasteiger charge is -2.38. The second-order valence-electron chi connectivity index (χ2n) is 14.0. The van der Waals surface area contributed by atoms with E-state index >= 15 is 0 Å². The lowest BCUT2D eigenvalue weighted by Crippen LogP contribution is -2.50. The number of alkyl carbamates (subject to hydrolysis) is 1. The molecule has 2 unspecified atom stereocenters. The van der Waals surface area contributed by atoms with Gasteiger partial charge in [0.2, 0.25) is 0 Å². The van der Waals surface area contributed by atoms with E-state index in [-0.39, 0.29) is 30.2 Å². The number of ether oxygens (including phenoxy) is 3. The maximum Gasteiger partial charge on any atom is 0.407 e. The number of unbranched alkanes of at least 4 members (excludes halogenated alkanes) is 3. The van der Waals surface area contributed by atoms with Crippen molar-refractivity contribution in [1.82, 2.24) is 14.9 Å². The number of esters is 1. The predicted molar refractivity (Wildman–Crippen MR) is 183 cm³/mol. The number of amides is 1. The first kappa shape index (κ1) is 37.9. The normalized spacial score (nSPS) is 25.1. The van der Waals surface area contributed by atoms with E-state index in [1.165, 1.54) is 17.7 Å². The Labute approximate surface area is 285 Å². The van der Waals surface area contributed by atoms with Crippen molar-refractivity contribution in [3.05, 3.63) is 32.6 Å². The number of nitrogens with zero attached hydrogens (tertiary/aromatic N) is 1. The Morgan fingerprint density at radius 3 is 2.33 bits per heavy atom. The molecule has 1 aromatic rings. The highest BCUT2D eigenvalue weighted by Crippen LogP contribution is 2.52. The predicted octanol–water partition coefficient (Wildman–Crippen LogP) is 5.09. The molecule has 3 aliphatic rings. The molecule has 12 nitrogen and oxygen atoms in total. The molecule has 1 aliphatic heterocycles. The summed E-state index contributed by atoms with van der Waals surface area (Å²) >= 11 is 0. The van der Waals surface area contributed by atoms with Gasteiger partial charge in [-0.1, -0.05) is 40.5 Å². The quantitative estimate of drug-likeness (QED) is 0.0989. The standard InChI is InChI=1S/C35H55N3O9Si/c1-23(2)48(24(3)4,45-22-31-30(46-26(6)39)19-32(47-31)38-20-25(5)33(40)37-34(38)41)44-18-14-10-9-13-17-36-35(42)43-21-29-27-15-11-7-8-12-16-28(27)29/h20,23-24,27-32H,9-19,21-22H2,1-6H3,(H,36,42)(H,37,40,41)/t27-,28+,29?,30?,31-,32-/m1/s1. The van der Waals surface area contributed by atoms with Crippen LogP contribution in [-0.4, -0.2) is 68.7 Å². The molecule has 1 amide bonds. The van der Waals surface area contributed by atoms with Crippen molar-refractivity contribution >= 4 is 20.6 Å². The van der Waals surface area contributed by atoms with E-state index < -0.39 is 44.2 Å². The van der Waals surface area contributed by atoms with Crippen LogP contribution in [0.25, 0.3) is 0 Å². The SMILES string of the molecule is CC(=O)OC1C[C@H](n2cc(C)c(=O)[nH]c2=O)O[C@@H]1CO[Si](OCCCCCCNC(=O)OCC1[C@H]2CCC#CCC[C@@H]12)(C(C)C)C(C)C. The van der Waals surface area contributed by atoms with Crippen LogP contribution in [0.5, 0.6) is 0 Å². The second-order valence-corrected chi connectivity index (χ2v) is 18.4. The van der Waals surface area contributed by atoms with Crippen molar-refractivity contribution in [1.29, 1.82) is 0 Å². The van der Waals surface area contributed by atoms with Gasteiger partial charge in [0.15, 0.2) is 0 Å². The highest BCUT2D eigenvalue weighted by atomic mass is 28.4. The van der Waals surface area contributed by atoms with Gasteiger partial charge in [-0.15, -0.1) is 11.8 Å². The van der Waals surface area contributed by atoms with Crippen LogP contribution in [0.15, 0.2) is 15.8 Å². The molecule has 2 N–H and O–H groups in total. The number of hydrogen-bond donors (Lipinski definition) is 2.